The maximum Gasteiger partial charge on any atom is 0.242 e. The molecular weight excluding hydrogens is 380 g/mol. The van der Waals surface area contributed by atoms with Crippen molar-refractivity contribution in [3.63, 3.8) is 0 Å². The zero-order valence-corrected chi connectivity index (χ0v) is 17.3. The fourth-order valence-electron chi connectivity index (χ4n) is 3.61. The second kappa shape index (κ2) is 8.89. The van der Waals surface area contributed by atoms with Crippen molar-refractivity contribution in [2.24, 2.45) is 5.92 Å². The number of amides is 2. The van der Waals surface area contributed by atoms with Crippen LogP contribution in [0.3, 0.4) is 0 Å². The first kappa shape index (κ1) is 19.9. The van der Waals surface area contributed by atoms with Gasteiger partial charge in [-0.3, -0.25) is 9.59 Å². The fourth-order valence-corrected chi connectivity index (χ4v) is 4.69. The summed E-state index contributed by atoms with van der Waals surface area (Å²) < 4.78 is 0. The zero-order chi connectivity index (χ0) is 19.4. The maximum absolute atomic E-state index is 13.2. The average molecular weight is 405 g/mol. The summed E-state index contributed by atoms with van der Waals surface area (Å²) in [6, 6.07) is 12.1. The van der Waals surface area contributed by atoms with Crippen LogP contribution >= 0.6 is 22.9 Å². The van der Waals surface area contributed by atoms with Crippen molar-refractivity contribution in [3.8, 4) is 0 Å². The molecule has 0 radical (unpaired) electrons. The van der Waals surface area contributed by atoms with Gasteiger partial charge in [0.25, 0.3) is 0 Å². The van der Waals surface area contributed by atoms with Crippen molar-refractivity contribution in [3.05, 3.63) is 57.8 Å². The second-order valence-corrected chi connectivity index (χ2v) is 8.52. The van der Waals surface area contributed by atoms with Gasteiger partial charge in [-0.1, -0.05) is 44.2 Å². The highest BCUT2D eigenvalue weighted by Gasteiger charge is 2.33. The number of nitrogens with zero attached hydrogens (tertiary/aromatic N) is 2. The van der Waals surface area contributed by atoms with Crippen LogP contribution < -0.4 is 0 Å². The molecule has 1 aliphatic rings. The molecule has 2 amide bonds. The van der Waals surface area contributed by atoms with E-state index in [-0.39, 0.29) is 36.2 Å². The van der Waals surface area contributed by atoms with E-state index in [2.05, 4.69) is 23.6 Å². The third-order valence-corrected chi connectivity index (χ3v) is 6.01. The van der Waals surface area contributed by atoms with Crippen LogP contribution in [0.15, 0.2) is 41.8 Å². The molecule has 144 valence electrons. The van der Waals surface area contributed by atoms with Gasteiger partial charge in [-0.25, -0.2) is 0 Å². The normalized spacial score (nSPS) is 16.3. The van der Waals surface area contributed by atoms with Crippen molar-refractivity contribution in [2.45, 2.75) is 26.3 Å². The van der Waals surface area contributed by atoms with Gasteiger partial charge >= 0.3 is 0 Å². The lowest BCUT2D eigenvalue weighted by molar-refractivity contribution is -0.141. The number of hydrogen-bond acceptors (Lipinski definition) is 3. The predicted molar refractivity (Wildman–Crippen MR) is 110 cm³/mol. The molecule has 1 aromatic heterocycles. The molecule has 1 aromatic carbocycles. The highest BCUT2D eigenvalue weighted by atomic mass is 35.5. The summed E-state index contributed by atoms with van der Waals surface area (Å²) >= 11 is 7.51. The van der Waals surface area contributed by atoms with Crippen molar-refractivity contribution < 1.29 is 9.59 Å². The largest absolute Gasteiger partial charge is 0.332 e. The van der Waals surface area contributed by atoms with Crippen LogP contribution in [0, 0.1) is 5.92 Å². The van der Waals surface area contributed by atoms with Gasteiger partial charge < -0.3 is 9.80 Å². The first-order valence-corrected chi connectivity index (χ1v) is 10.7. The summed E-state index contributed by atoms with van der Waals surface area (Å²) in [5.41, 5.74) is 2.30. The summed E-state index contributed by atoms with van der Waals surface area (Å²) in [5.74, 6) is -0.0423. The first-order valence-electron chi connectivity index (χ1n) is 9.25. The molecule has 27 heavy (non-hydrogen) atoms. The van der Waals surface area contributed by atoms with E-state index in [4.69, 9.17) is 11.6 Å². The molecule has 0 spiro atoms. The van der Waals surface area contributed by atoms with E-state index >= 15 is 0 Å². The number of thiophene rings is 1. The Morgan fingerprint density at radius 3 is 2.67 bits per heavy atom. The van der Waals surface area contributed by atoms with E-state index in [9.17, 15) is 9.59 Å². The average Bonchev–Trinajstić information content (AvgIpc) is 3.15. The lowest BCUT2D eigenvalue weighted by Crippen LogP contribution is -2.47. The van der Waals surface area contributed by atoms with Crippen molar-refractivity contribution in [1.82, 2.24) is 9.80 Å². The fraction of sp³-hybridized carbons (Fsp3) is 0.429. The Kier molecular flexibility index (Phi) is 6.55. The Hall–Kier alpha value is -1.85. The van der Waals surface area contributed by atoms with Crippen molar-refractivity contribution in [2.75, 3.05) is 25.5 Å². The van der Waals surface area contributed by atoms with E-state index in [0.717, 1.165) is 12.0 Å². The molecule has 3 rings (SSSR count). The molecule has 4 nitrogen and oxygen atoms in total. The van der Waals surface area contributed by atoms with Gasteiger partial charge in [0.05, 0.1) is 12.6 Å². The molecule has 0 aliphatic carbocycles. The molecule has 0 unspecified atom stereocenters. The SMILES string of the molecule is CC(C)CN(CC(=O)N1CCc2sccc2[C@@H]1c1ccccc1)C(=O)CCl. The Labute approximate surface area is 169 Å². The Morgan fingerprint density at radius 2 is 2.00 bits per heavy atom. The third kappa shape index (κ3) is 4.53. The summed E-state index contributed by atoms with van der Waals surface area (Å²) in [7, 11) is 0. The molecule has 0 fully saturated rings. The summed E-state index contributed by atoms with van der Waals surface area (Å²) in [5, 5.41) is 2.09. The smallest absolute Gasteiger partial charge is 0.242 e. The number of carbonyl (C=O) groups excluding carboxylic acids is 2. The molecule has 2 aromatic rings. The molecular formula is C21H25ClN2O2S. The third-order valence-electron chi connectivity index (χ3n) is 4.78. The Morgan fingerprint density at radius 1 is 1.26 bits per heavy atom. The Balaban J connectivity index is 1.87. The number of alkyl halides is 1. The minimum Gasteiger partial charge on any atom is -0.332 e. The van der Waals surface area contributed by atoms with Gasteiger partial charge in [-0.05, 0) is 34.9 Å². The van der Waals surface area contributed by atoms with Crippen LogP contribution in [0.5, 0.6) is 0 Å². The van der Waals surface area contributed by atoms with Crippen LogP contribution in [-0.4, -0.2) is 47.1 Å². The molecule has 0 N–H and O–H groups in total. The van der Waals surface area contributed by atoms with E-state index in [0.29, 0.717) is 13.1 Å². The molecule has 2 heterocycles. The molecule has 0 bridgehead atoms. The van der Waals surface area contributed by atoms with E-state index in [1.807, 2.05) is 36.9 Å². The molecule has 1 aliphatic heterocycles. The number of fused-ring (bicyclic) bond motifs is 1. The highest BCUT2D eigenvalue weighted by molar-refractivity contribution is 7.10. The Bertz CT molecular complexity index is 790. The van der Waals surface area contributed by atoms with Gasteiger partial charge in [-0.2, -0.15) is 0 Å². The monoisotopic (exact) mass is 404 g/mol. The topological polar surface area (TPSA) is 40.6 Å². The van der Waals surface area contributed by atoms with Crippen LogP contribution in [0.4, 0.5) is 0 Å². The lowest BCUT2D eigenvalue weighted by atomic mass is 9.93. The predicted octanol–water partition coefficient (Wildman–Crippen LogP) is 3.95. The van der Waals surface area contributed by atoms with Crippen molar-refractivity contribution >= 4 is 34.8 Å². The number of halogens is 1. The molecule has 1 atom stereocenters. The quantitative estimate of drug-likeness (QED) is 0.684. The van der Waals surface area contributed by atoms with Gasteiger partial charge in [-0.15, -0.1) is 22.9 Å². The number of benzene rings is 1. The summed E-state index contributed by atoms with van der Waals surface area (Å²) in [4.78, 5) is 30.3. The van der Waals surface area contributed by atoms with E-state index in [1.165, 1.54) is 10.4 Å². The van der Waals surface area contributed by atoms with Crippen LogP contribution in [-0.2, 0) is 16.0 Å². The summed E-state index contributed by atoms with van der Waals surface area (Å²) in [6.45, 7) is 5.34. The van der Waals surface area contributed by atoms with Gasteiger partial charge in [0.2, 0.25) is 11.8 Å². The molecule has 0 saturated carbocycles. The van der Waals surface area contributed by atoms with E-state index in [1.54, 1.807) is 16.2 Å². The van der Waals surface area contributed by atoms with Gasteiger partial charge in [0.1, 0.15) is 5.88 Å². The van der Waals surface area contributed by atoms with Crippen LogP contribution in [0.1, 0.15) is 35.9 Å². The van der Waals surface area contributed by atoms with Crippen molar-refractivity contribution in [1.29, 1.82) is 0 Å². The van der Waals surface area contributed by atoms with Gasteiger partial charge in [0, 0.05) is 18.0 Å². The zero-order valence-electron chi connectivity index (χ0n) is 15.7. The molecule has 0 saturated heterocycles. The number of hydrogen-bond donors (Lipinski definition) is 0. The van der Waals surface area contributed by atoms with E-state index < -0.39 is 0 Å². The first-order chi connectivity index (χ1) is 13.0. The molecule has 6 heteroatoms. The summed E-state index contributed by atoms with van der Waals surface area (Å²) in [6.07, 6.45) is 0.857. The lowest BCUT2D eigenvalue weighted by Gasteiger charge is -2.37. The second-order valence-electron chi connectivity index (χ2n) is 7.25. The number of rotatable bonds is 6. The van der Waals surface area contributed by atoms with Crippen LogP contribution in [0.2, 0.25) is 0 Å². The highest BCUT2D eigenvalue weighted by Crippen LogP contribution is 2.37. The van der Waals surface area contributed by atoms with Crippen LogP contribution in [0.25, 0.3) is 0 Å². The standard InChI is InChI=1S/C21H25ClN2O2S/c1-15(2)13-23(19(25)12-22)14-20(26)24-10-8-18-17(9-11-27-18)21(24)16-6-4-3-5-7-16/h3-7,9,11,15,21H,8,10,12-14H2,1-2H3/t21-/m0/s1. The minimum absolute atomic E-state index is 0.0279. The van der Waals surface area contributed by atoms with Gasteiger partial charge in [0.15, 0.2) is 0 Å². The minimum atomic E-state index is -0.191. The number of carbonyl (C=O) groups is 2. The maximum atomic E-state index is 13.2.